The largest absolute Gasteiger partial charge is 0.462 e. The van der Waals surface area contributed by atoms with E-state index in [9.17, 15) is 9.59 Å². The molecule has 188 valence electrons. The molecule has 0 bridgehead atoms. The highest BCUT2D eigenvalue weighted by atomic mass is 16.5. The van der Waals surface area contributed by atoms with Crippen molar-refractivity contribution in [1.82, 2.24) is 0 Å². The van der Waals surface area contributed by atoms with Gasteiger partial charge < -0.3 is 9.47 Å². The van der Waals surface area contributed by atoms with Gasteiger partial charge in [0.2, 0.25) is 0 Å². The zero-order valence-electron chi connectivity index (χ0n) is 21.5. The summed E-state index contributed by atoms with van der Waals surface area (Å²) in [6.07, 6.45) is 22.6. The summed E-state index contributed by atoms with van der Waals surface area (Å²) in [5, 5.41) is 0. The molecular formula is C28H48NO4+. The fourth-order valence-corrected chi connectivity index (χ4v) is 3.91. The van der Waals surface area contributed by atoms with Crippen LogP contribution in [-0.4, -0.2) is 25.2 Å². The number of carbonyl (C=O) groups excluding carboxylic acids is 2. The van der Waals surface area contributed by atoms with Crippen LogP contribution in [0.1, 0.15) is 137 Å². The standard InChI is InChI=1S/C28H48NO4/c1-4-6-8-10-12-14-16-18-20-32-27(30)25-22-26(24-29(3)23-25)28(31)33-21-19-17-15-13-11-9-7-5-2/h22-24H,4-21H2,1-3H3/q+1. The van der Waals surface area contributed by atoms with Crippen LogP contribution in [-0.2, 0) is 16.5 Å². The van der Waals surface area contributed by atoms with Crippen LogP contribution in [0.2, 0.25) is 0 Å². The van der Waals surface area contributed by atoms with Crippen molar-refractivity contribution in [3.8, 4) is 0 Å². The normalized spacial score (nSPS) is 10.9. The van der Waals surface area contributed by atoms with E-state index in [2.05, 4.69) is 13.8 Å². The molecule has 0 aromatic carbocycles. The number of unbranched alkanes of at least 4 members (excludes halogenated alkanes) is 14. The molecule has 0 amide bonds. The molecule has 0 saturated heterocycles. The fourth-order valence-electron chi connectivity index (χ4n) is 3.91. The highest BCUT2D eigenvalue weighted by Crippen LogP contribution is 2.11. The first-order valence-corrected chi connectivity index (χ1v) is 13.4. The molecule has 5 nitrogen and oxygen atoms in total. The van der Waals surface area contributed by atoms with Gasteiger partial charge in [0.1, 0.15) is 18.2 Å². The summed E-state index contributed by atoms with van der Waals surface area (Å²) in [7, 11) is 1.80. The van der Waals surface area contributed by atoms with Crippen LogP contribution in [0.4, 0.5) is 0 Å². The first-order valence-electron chi connectivity index (χ1n) is 13.4. The van der Waals surface area contributed by atoms with Gasteiger partial charge in [0.15, 0.2) is 12.4 Å². The van der Waals surface area contributed by atoms with Crippen molar-refractivity contribution in [1.29, 1.82) is 0 Å². The molecule has 0 saturated carbocycles. The van der Waals surface area contributed by atoms with Crippen LogP contribution in [0, 0.1) is 0 Å². The summed E-state index contributed by atoms with van der Waals surface area (Å²) in [5.74, 6) is -0.766. The number of ether oxygens (including phenoxy) is 2. The molecule has 0 N–H and O–H groups in total. The summed E-state index contributed by atoms with van der Waals surface area (Å²) in [6.45, 7) is 5.30. The third kappa shape index (κ3) is 14.8. The SMILES string of the molecule is CCCCCCCCCCOC(=O)c1cc(C(=O)OCCCCCCCCCC)c[n+](C)c1. The number of esters is 2. The predicted octanol–water partition coefficient (Wildman–Crippen LogP) is 7.11. The third-order valence-corrected chi connectivity index (χ3v) is 5.93. The summed E-state index contributed by atoms with van der Waals surface area (Å²) < 4.78 is 12.5. The number of aromatic nitrogens is 1. The number of pyridine rings is 1. The average molecular weight is 463 g/mol. The zero-order chi connectivity index (χ0) is 24.2. The Labute approximate surface area is 202 Å². The lowest BCUT2D eigenvalue weighted by Gasteiger charge is -2.07. The monoisotopic (exact) mass is 462 g/mol. The predicted molar refractivity (Wildman–Crippen MR) is 133 cm³/mol. The van der Waals surface area contributed by atoms with Crippen LogP contribution in [0.5, 0.6) is 0 Å². The second-order valence-electron chi connectivity index (χ2n) is 9.20. The number of carbonyl (C=O) groups is 2. The molecule has 0 aliphatic heterocycles. The first kappa shape index (κ1) is 29.1. The number of hydrogen-bond donors (Lipinski definition) is 0. The molecule has 33 heavy (non-hydrogen) atoms. The molecular weight excluding hydrogens is 414 g/mol. The van der Waals surface area contributed by atoms with Gasteiger partial charge in [-0.25, -0.2) is 14.2 Å². The highest BCUT2D eigenvalue weighted by Gasteiger charge is 2.18. The van der Waals surface area contributed by atoms with E-state index in [0.29, 0.717) is 24.3 Å². The molecule has 0 spiro atoms. The highest BCUT2D eigenvalue weighted by molar-refractivity contribution is 5.94. The second-order valence-corrected chi connectivity index (χ2v) is 9.20. The number of nitrogens with zero attached hydrogens (tertiary/aromatic N) is 1. The molecule has 0 aliphatic rings. The van der Waals surface area contributed by atoms with Crippen molar-refractivity contribution in [3.05, 3.63) is 29.6 Å². The lowest BCUT2D eigenvalue weighted by Crippen LogP contribution is -2.31. The van der Waals surface area contributed by atoms with Gasteiger partial charge in [-0.3, -0.25) is 0 Å². The van der Waals surface area contributed by atoms with Gasteiger partial charge in [-0.05, 0) is 18.9 Å². The van der Waals surface area contributed by atoms with Gasteiger partial charge in [-0.2, -0.15) is 0 Å². The Balaban J connectivity index is 2.27. The topological polar surface area (TPSA) is 56.5 Å². The van der Waals surface area contributed by atoms with E-state index in [1.807, 2.05) is 0 Å². The molecule has 0 fully saturated rings. The van der Waals surface area contributed by atoms with Crippen LogP contribution >= 0.6 is 0 Å². The maximum atomic E-state index is 12.4. The van der Waals surface area contributed by atoms with E-state index >= 15 is 0 Å². The first-order chi connectivity index (χ1) is 16.1. The molecule has 0 radical (unpaired) electrons. The van der Waals surface area contributed by atoms with Crippen LogP contribution in [0.25, 0.3) is 0 Å². The van der Waals surface area contributed by atoms with Crippen molar-refractivity contribution >= 4 is 11.9 Å². The summed E-state index contributed by atoms with van der Waals surface area (Å²) in [6, 6.07) is 1.58. The molecule has 1 aromatic heterocycles. The van der Waals surface area contributed by atoms with E-state index in [0.717, 1.165) is 25.7 Å². The van der Waals surface area contributed by atoms with Gasteiger partial charge in [0, 0.05) is 0 Å². The Morgan fingerprint density at radius 2 is 0.939 bits per heavy atom. The second kappa shape index (κ2) is 19.5. The summed E-state index contributed by atoms with van der Waals surface area (Å²) in [4.78, 5) is 24.8. The van der Waals surface area contributed by atoms with E-state index in [-0.39, 0.29) is 11.9 Å². The van der Waals surface area contributed by atoms with Crippen molar-refractivity contribution in [2.45, 2.75) is 117 Å². The molecule has 0 unspecified atom stereocenters. The maximum absolute atomic E-state index is 12.4. The number of hydrogen-bond acceptors (Lipinski definition) is 4. The van der Waals surface area contributed by atoms with Gasteiger partial charge >= 0.3 is 11.9 Å². The molecule has 5 heteroatoms. The van der Waals surface area contributed by atoms with E-state index < -0.39 is 0 Å². The minimum absolute atomic E-state index is 0.383. The van der Waals surface area contributed by atoms with Gasteiger partial charge in [0.05, 0.1) is 13.2 Å². The fraction of sp³-hybridized carbons (Fsp3) is 0.750. The smallest absolute Gasteiger partial charge is 0.344 e. The summed E-state index contributed by atoms with van der Waals surface area (Å²) >= 11 is 0. The van der Waals surface area contributed by atoms with E-state index in [1.54, 1.807) is 30.1 Å². The van der Waals surface area contributed by atoms with Gasteiger partial charge in [-0.15, -0.1) is 0 Å². The molecule has 1 heterocycles. The Kier molecular flexibility index (Phi) is 17.3. The third-order valence-electron chi connectivity index (χ3n) is 5.93. The number of aryl methyl sites for hydroxylation is 1. The maximum Gasteiger partial charge on any atom is 0.344 e. The van der Waals surface area contributed by atoms with Crippen LogP contribution in [0.3, 0.4) is 0 Å². The van der Waals surface area contributed by atoms with Gasteiger partial charge in [0.25, 0.3) is 0 Å². The summed E-state index contributed by atoms with van der Waals surface area (Å²) in [5.41, 5.74) is 0.775. The molecule has 1 aromatic rings. The molecule has 0 atom stereocenters. The molecule has 1 rings (SSSR count). The van der Waals surface area contributed by atoms with Crippen molar-refractivity contribution in [2.75, 3.05) is 13.2 Å². The Hall–Kier alpha value is -1.91. The van der Waals surface area contributed by atoms with Crippen molar-refractivity contribution in [3.63, 3.8) is 0 Å². The lowest BCUT2D eigenvalue weighted by molar-refractivity contribution is -0.671. The Morgan fingerprint density at radius 3 is 1.30 bits per heavy atom. The number of rotatable bonds is 20. The van der Waals surface area contributed by atoms with E-state index in [1.165, 1.54) is 77.0 Å². The van der Waals surface area contributed by atoms with Crippen LogP contribution in [0.15, 0.2) is 18.5 Å². The quantitative estimate of drug-likeness (QED) is 0.118. The van der Waals surface area contributed by atoms with Crippen LogP contribution < -0.4 is 4.57 Å². The Bertz CT molecular complexity index is 607. The average Bonchev–Trinajstić information content (AvgIpc) is 2.81. The van der Waals surface area contributed by atoms with Gasteiger partial charge in [-0.1, -0.05) is 104 Å². The van der Waals surface area contributed by atoms with Crippen molar-refractivity contribution < 1.29 is 23.6 Å². The van der Waals surface area contributed by atoms with Crippen molar-refractivity contribution in [2.24, 2.45) is 7.05 Å². The van der Waals surface area contributed by atoms with E-state index in [4.69, 9.17) is 9.47 Å². The minimum Gasteiger partial charge on any atom is -0.462 e. The minimum atomic E-state index is -0.383. The molecule has 0 aliphatic carbocycles. The zero-order valence-corrected chi connectivity index (χ0v) is 21.5. The Morgan fingerprint density at radius 1 is 0.606 bits per heavy atom. The lowest BCUT2D eigenvalue weighted by atomic mass is 10.1.